The molecule has 2 atom stereocenters. The summed E-state index contributed by atoms with van der Waals surface area (Å²) in [5, 5.41) is 2.98. The zero-order chi connectivity index (χ0) is 17.4. The normalized spacial score (nSPS) is 25.4. The molecule has 0 bridgehead atoms. The Kier molecular flexibility index (Phi) is 4.63. The van der Waals surface area contributed by atoms with Crippen LogP contribution in [0.3, 0.4) is 0 Å². The molecule has 1 saturated carbocycles. The van der Waals surface area contributed by atoms with Crippen molar-refractivity contribution in [3.05, 3.63) is 35.4 Å². The Bertz CT molecular complexity index is 644. The quantitative estimate of drug-likeness (QED) is 0.905. The Labute approximate surface area is 147 Å². The molecule has 2 saturated heterocycles. The maximum absolute atomic E-state index is 14.2. The number of rotatable bonds is 4. The fourth-order valence-electron chi connectivity index (χ4n) is 4.19. The third-order valence-electron chi connectivity index (χ3n) is 5.77. The van der Waals surface area contributed by atoms with Crippen molar-refractivity contribution in [1.82, 2.24) is 15.1 Å². The van der Waals surface area contributed by atoms with Crippen molar-refractivity contribution in [3.63, 3.8) is 0 Å². The standard InChI is InChI=1S/C19H25F2N3O/c20-14-5-6-17(21)16(11-14)18(13-3-4-13)22-19(25)24-10-7-15(12-24)23-8-1-2-9-23/h5-6,11,13,15,18H,1-4,7-10,12H2,(H,22,25). The number of nitrogens with zero attached hydrogens (tertiary/aromatic N) is 2. The number of carbonyl (C=O) groups is 1. The molecule has 3 aliphatic rings. The first-order valence-electron chi connectivity index (χ1n) is 9.36. The molecule has 4 nitrogen and oxygen atoms in total. The van der Waals surface area contributed by atoms with Gasteiger partial charge in [-0.05, 0) is 69.3 Å². The van der Waals surface area contributed by atoms with E-state index < -0.39 is 17.7 Å². The van der Waals surface area contributed by atoms with Crippen molar-refractivity contribution < 1.29 is 13.6 Å². The van der Waals surface area contributed by atoms with Gasteiger partial charge < -0.3 is 10.2 Å². The molecule has 1 aliphatic carbocycles. The summed E-state index contributed by atoms with van der Waals surface area (Å²) in [4.78, 5) is 17.0. The summed E-state index contributed by atoms with van der Waals surface area (Å²) >= 11 is 0. The van der Waals surface area contributed by atoms with Gasteiger partial charge in [0.05, 0.1) is 6.04 Å². The highest BCUT2D eigenvalue weighted by molar-refractivity contribution is 5.75. The minimum absolute atomic E-state index is 0.151. The van der Waals surface area contributed by atoms with Crippen molar-refractivity contribution in [2.45, 2.75) is 44.2 Å². The van der Waals surface area contributed by atoms with Crippen LogP contribution >= 0.6 is 0 Å². The molecule has 2 aliphatic heterocycles. The summed E-state index contributed by atoms with van der Waals surface area (Å²) in [6.07, 6.45) is 5.36. The van der Waals surface area contributed by atoms with E-state index in [4.69, 9.17) is 0 Å². The fraction of sp³-hybridized carbons (Fsp3) is 0.632. The molecule has 4 rings (SSSR count). The highest BCUT2D eigenvalue weighted by Crippen LogP contribution is 2.42. The Morgan fingerprint density at radius 2 is 1.88 bits per heavy atom. The molecule has 1 N–H and O–H groups in total. The zero-order valence-electron chi connectivity index (χ0n) is 14.4. The molecule has 2 heterocycles. The Balaban J connectivity index is 1.42. The molecule has 2 amide bonds. The van der Waals surface area contributed by atoms with Crippen LogP contribution < -0.4 is 5.32 Å². The first-order valence-corrected chi connectivity index (χ1v) is 9.36. The predicted octanol–water partition coefficient (Wildman–Crippen LogP) is 3.30. The lowest BCUT2D eigenvalue weighted by Crippen LogP contribution is -2.43. The Morgan fingerprint density at radius 3 is 2.60 bits per heavy atom. The molecule has 6 heteroatoms. The van der Waals surface area contributed by atoms with E-state index in [1.165, 1.54) is 18.9 Å². The average Bonchev–Trinajstić information content (AvgIpc) is 3.10. The Morgan fingerprint density at radius 1 is 1.12 bits per heavy atom. The van der Waals surface area contributed by atoms with Gasteiger partial charge in [-0.25, -0.2) is 13.6 Å². The maximum atomic E-state index is 14.2. The monoisotopic (exact) mass is 349 g/mol. The van der Waals surface area contributed by atoms with E-state index in [2.05, 4.69) is 10.2 Å². The van der Waals surface area contributed by atoms with Gasteiger partial charge in [0.25, 0.3) is 0 Å². The van der Waals surface area contributed by atoms with Crippen LogP contribution in [0.2, 0.25) is 0 Å². The van der Waals surface area contributed by atoms with Crippen molar-refractivity contribution in [2.24, 2.45) is 5.92 Å². The summed E-state index contributed by atoms with van der Waals surface area (Å²) in [6.45, 7) is 3.71. The topological polar surface area (TPSA) is 35.6 Å². The van der Waals surface area contributed by atoms with Crippen molar-refractivity contribution in [3.8, 4) is 0 Å². The largest absolute Gasteiger partial charge is 0.331 e. The van der Waals surface area contributed by atoms with E-state index in [1.54, 1.807) is 0 Å². The third-order valence-corrected chi connectivity index (χ3v) is 5.77. The van der Waals surface area contributed by atoms with Crippen LogP contribution in [-0.4, -0.2) is 48.1 Å². The van der Waals surface area contributed by atoms with Crippen LogP contribution in [0.5, 0.6) is 0 Å². The first kappa shape index (κ1) is 16.8. The van der Waals surface area contributed by atoms with Gasteiger partial charge in [0.2, 0.25) is 0 Å². The molecular formula is C19H25F2N3O. The number of urea groups is 1. The summed E-state index contributed by atoms with van der Waals surface area (Å²) in [6, 6.07) is 3.34. The molecule has 1 aromatic carbocycles. The van der Waals surface area contributed by atoms with E-state index in [0.29, 0.717) is 6.04 Å². The lowest BCUT2D eigenvalue weighted by atomic mass is 10.0. The van der Waals surface area contributed by atoms with Gasteiger partial charge in [-0.2, -0.15) is 0 Å². The van der Waals surface area contributed by atoms with Gasteiger partial charge in [-0.3, -0.25) is 4.90 Å². The van der Waals surface area contributed by atoms with E-state index >= 15 is 0 Å². The lowest BCUT2D eigenvalue weighted by molar-refractivity contribution is 0.193. The van der Waals surface area contributed by atoms with E-state index in [-0.39, 0.29) is 17.5 Å². The molecule has 25 heavy (non-hydrogen) atoms. The van der Waals surface area contributed by atoms with Crippen LogP contribution in [0.1, 0.15) is 43.7 Å². The van der Waals surface area contributed by atoms with Crippen molar-refractivity contribution in [1.29, 1.82) is 0 Å². The number of benzene rings is 1. The van der Waals surface area contributed by atoms with Gasteiger partial charge in [-0.1, -0.05) is 0 Å². The third kappa shape index (κ3) is 3.64. The van der Waals surface area contributed by atoms with Gasteiger partial charge in [-0.15, -0.1) is 0 Å². The van der Waals surface area contributed by atoms with E-state index in [0.717, 1.165) is 57.6 Å². The molecule has 0 aromatic heterocycles. The molecule has 1 aromatic rings. The minimum atomic E-state index is -0.466. The van der Waals surface area contributed by atoms with Gasteiger partial charge in [0.1, 0.15) is 11.6 Å². The highest BCUT2D eigenvalue weighted by atomic mass is 19.1. The fourth-order valence-corrected chi connectivity index (χ4v) is 4.19. The summed E-state index contributed by atoms with van der Waals surface area (Å²) in [5.74, 6) is -0.709. The van der Waals surface area contributed by atoms with Crippen molar-refractivity contribution in [2.75, 3.05) is 26.2 Å². The van der Waals surface area contributed by atoms with Gasteiger partial charge in [0, 0.05) is 24.7 Å². The smallest absolute Gasteiger partial charge is 0.317 e. The second-order valence-electron chi connectivity index (χ2n) is 7.56. The number of halogens is 2. The summed E-state index contributed by atoms with van der Waals surface area (Å²) in [7, 11) is 0. The first-order chi connectivity index (χ1) is 12.1. The average molecular weight is 349 g/mol. The van der Waals surface area contributed by atoms with Crippen LogP contribution in [0.25, 0.3) is 0 Å². The lowest BCUT2D eigenvalue weighted by Gasteiger charge is -2.26. The molecule has 0 spiro atoms. The SMILES string of the molecule is O=C(NC(c1cc(F)ccc1F)C1CC1)N1CCC(N2CCCC2)C1. The minimum Gasteiger partial charge on any atom is -0.331 e. The molecule has 2 unspecified atom stereocenters. The van der Waals surface area contributed by atoms with Crippen LogP contribution in [0.4, 0.5) is 13.6 Å². The number of carbonyl (C=O) groups excluding carboxylic acids is 1. The summed E-state index contributed by atoms with van der Waals surface area (Å²) in [5.41, 5.74) is 0.270. The van der Waals surface area contributed by atoms with Crippen molar-refractivity contribution >= 4 is 6.03 Å². The second kappa shape index (κ2) is 6.90. The maximum Gasteiger partial charge on any atom is 0.317 e. The zero-order valence-corrected chi connectivity index (χ0v) is 14.4. The molecule has 3 fully saturated rings. The molecular weight excluding hydrogens is 324 g/mol. The van der Waals surface area contributed by atoms with Gasteiger partial charge in [0.15, 0.2) is 0 Å². The molecule has 136 valence electrons. The molecule has 0 radical (unpaired) electrons. The highest BCUT2D eigenvalue weighted by Gasteiger charge is 2.38. The number of amides is 2. The van der Waals surface area contributed by atoms with Crippen LogP contribution in [0, 0.1) is 17.6 Å². The number of nitrogens with one attached hydrogen (secondary N) is 1. The Hall–Kier alpha value is -1.69. The number of likely N-dealkylation sites (tertiary alicyclic amines) is 2. The summed E-state index contributed by atoms with van der Waals surface area (Å²) < 4.78 is 27.7. The van der Waals surface area contributed by atoms with Crippen LogP contribution in [-0.2, 0) is 0 Å². The van der Waals surface area contributed by atoms with Gasteiger partial charge >= 0.3 is 6.03 Å². The number of hydrogen-bond donors (Lipinski definition) is 1. The van der Waals surface area contributed by atoms with Crippen LogP contribution in [0.15, 0.2) is 18.2 Å². The number of hydrogen-bond acceptors (Lipinski definition) is 2. The van der Waals surface area contributed by atoms with E-state index in [9.17, 15) is 13.6 Å². The second-order valence-corrected chi connectivity index (χ2v) is 7.56. The predicted molar refractivity (Wildman–Crippen MR) is 91.1 cm³/mol. The van der Waals surface area contributed by atoms with E-state index in [1.807, 2.05) is 4.90 Å².